The first-order valence-electron chi connectivity index (χ1n) is 10.7. The maximum atomic E-state index is 12.8. The molecule has 4 atom stereocenters. The lowest BCUT2D eigenvalue weighted by Crippen LogP contribution is -2.57. The van der Waals surface area contributed by atoms with Crippen LogP contribution in [-0.2, 0) is 28.8 Å². The van der Waals surface area contributed by atoms with Crippen LogP contribution < -0.4 is 21.3 Å². The van der Waals surface area contributed by atoms with Gasteiger partial charge in [-0.15, -0.1) is 0 Å². The first kappa shape index (κ1) is 27.8. The lowest BCUT2D eigenvalue weighted by Gasteiger charge is -2.25. The van der Waals surface area contributed by atoms with E-state index < -0.39 is 78.6 Å². The van der Waals surface area contributed by atoms with E-state index >= 15 is 0 Å². The number of rotatable bonds is 14. The van der Waals surface area contributed by atoms with E-state index in [1.165, 1.54) is 0 Å². The van der Waals surface area contributed by atoms with Crippen molar-refractivity contribution in [2.24, 2.45) is 5.92 Å². The Bertz CT molecular complexity index is 750. The van der Waals surface area contributed by atoms with Gasteiger partial charge in [-0.1, -0.05) is 13.8 Å². The standard InChI is InChI=1S/C20H32N4O9/c1-10(2)16(20(32)33)24-19(31)13(6-8-15(27)28)23-18(30)12(5-7-14(25)26)22-17(29)11-4-3-9-21-11/h10-13,16,21H,3-9H2,1-2H3,(H,22,29)(H,23,30)(H,24,31)(H,25,26)(H,27,28)(H,32,33)/t11-,12-,13-,16-/m0/s1. The number of carbonyl (C=O) groups is 6. The van der Waals surface area contributed by atoms with Crippen LogP contribution in [0.15, 0.2) is 0 Å². The van der Waals surface area contributed by atoms with Crippen LogP contribution in [-0.4, -0.2) is 81.7 Å². The fourth-order valence-corrected chi connectivity index (χ4v) is 3.29. The van der Waals surface area contributed by atoms with Crippen molar-refractivity contribution in [2.45, 2.75) is 76.5 Å². The molecule has 0 spiro atoms. The predicted octanol–water partition coefficient (Wildman–Crippen LogP) is -1.34. The van der Waals surface area contributed by atoms with E-state index in [-0.39, 0.29) is 12.8 Å². The molecular weight excluding hydrogens is 440 g/mol. The molecule has 13 nitrogen and oxygen atoms in total. The van der Waals surface area contributed by atoms with Gasteiger partial charge in [0.05, 0.1) is 6.04 Å². The molecule has 1 aliphatic rings. The van der Waals surface area contributed by atoms with E-state index in [2.05, 4.69) is 21.3 Å². The number of aliphatic carboxylic acids is 3. The van der Waals surface area contributed by atoms with Crippen LogP contribution in [0, 0.1) is 5.92 Å². The average Bonchev–Trinajstić information content (AvgIpc) is 3.26. The smallest absolute Gasteiger partial charge is 0.326 e. The maximum Gasteiger partial charge on any atom is 0.326 e. The third kappa shape index (κ3) is 9.85. The summed E-state index contributed by atoms with van der Waals surface area (Å²) in [6.07, 6.45) is -0.193. The Morgan fingerprint density at radius 1 is 0.848 bits per heavy atom. The lowest BCUT2D eigenvalue weighted by molar-refractivity contribution is -0.144. The van der Waals surface area contributed by atoms with Gasteiger partial charge in [-0.05, 0) is 38.1 Å². The summed E-state index contributed by atoms with van der Waals surface area (Å²) in [6, 6.07) is -4.48. The van der Waals surface area contributed by atoms with Crippen LogP contribution >= 0.6 is 0 Å². The molecule has 0 aromatic rings. The molecule has 0 unspecified atom stereocenters. The molecule has 13 heteroatoms. The predicted molar refractivity (Wildman–Crippen MR) is 113 cm³/mol. The normalized spacial score (nSPS) is 18.1. The molecule has 0 radical (unpaired) electrons. The largest absolute Gasteiger partial charge is 0.481 e. The molecule has 7 N–H and O–H groups in total. The van der Waals surface area contributed by atoms with E-state index in [1.807, 2.05) is 0 Å². The summed E-state index contributed by atoms with van der Waals surface area (Å²) in [6.45, 7) is 3.76. The number of amides is 3. The van der Waals surface area contributed by atoms with Gasteiger partial charge in [0, 0.05) is 12.8 Å². The van der Waals surface area contributed by atoms with Gasteiger partial charge in [-0.2, -0.15) is 0 Å². The van der Waals surface area contributed by atoms with Gasteiger partial charge in [-0.25, -0.2) is 4.79 Å². The number of carboxylic acids is 3. The zero-order valence-electron chi connectivity index (χ0n) is 18.6. The van der Waals surface area contributed by atoms with E-state index in [0.29, 0.717) is 13.0 Å². The minimum absolute atomic E-state index is 0.253. The Morgan fingerprint density at radius 2 is 1.36 bits per heavy atom. The quantitative estimate of drug-likeness (QED) is 0.158. The Balaban J connectivity index is 2.97. The number of nitrogens with one attached hydrogen (secondary N) is 4. The van der Waals surface area contributed by atoms with Crippen molar-refractivity contribution in [2.75, 3.05) is 6.54 Å². The van der Waals surface area contributed by atoms with Crippen molar-refractivity contribution >= 4 is 35.6 Å². The van der Waals surface area contributed by atoms with Crippen LogP contribution in [0.3, 0.4) is 0 Å². The molecule has 1 aliphatic heterocycles. The summed E-state index contributed by atoms with van der Waals surface area (Å²) < 4.78 is 0. The monoisotopic (exact) mass is 472 g/mol. The van der Waals surface area contributed by atoms with Crippen LogP contribution in [0.5, 0.6) is 0 Å². The highest BCUT2D eigenvalue weighted by atomic mass is 16.4. The molecule has 33 heavy (non-hydrogen) atoms. The molecule has 1 rings (SSSR count). The third-order valence-electron chi connectivity index (χ3n) is 5.17. The van der Waals surface area contributed by atoms with E-state index in [9.17, 15) is 33.9 Å². The zero-order chi connectivity index (χ0) is 25.1. The molecular formula is C20H32N4O9. The Morgan fingerprint density at radius 3 is 1.79 bits per heavy atom. The fraction of sp³-hybridized carbons (Fsp3) is 0.700. The number of carbonyl (C=O) groups excluding carboxylic acids is 3. The topological polar surface area (TPSA) is 211 Å². The minimum Gasteiger partial charge on any atom is -0.481 e. The highest BCUT2D eigenvalue weighted by molar-refractivity contribution is 5.94. The number of carboxylic acid groups (broad SMARTS) is 3. The molecule has 3 amide bonds. The van der Waals surface area contributed by atoms with Crippen LogP contribution in [0.4, 0.5) is 0 Å². The molecule has 0 saturated carbocycles. The molecule has 1 saturated heterocycles. The first-order valence-corrected chi connectivity index (χ1v) is 10.7. The molecule has 0 aliphatic carbocycles. The van der Waals surface area contributed by atoms with E-state index in [0.717, 1.165) is 6.42 Å². The van der Waals surface area contributed by atoms with Crippen molar-refractivity contribution in [1.82, 2.24) is 21.3 Å². The van der Waals surface area contributed by atoms with E-state index in [4.69, 9.17) is 10.2 Å². The molecule has 0 aromatic carbocycles. The molecule has 1 heterocycles. The van der Waals surface area contributed by atoms with Crippen LogP contribution in [0.2, 0.25) is 0 Å². The number of hydrogen-bond acceptors (Lipinski definition) is 7. The Kier molecular flexibility index (Phi) is 11.3. The summed E-state index contributed by atoms with van der Waals surface area (Å²) in [5.41, 5.74) is 0. The van der Waals surface area contributed by atoms with Gasteiger partial charge in [0.15, 0.2) is 0 Å². The summed E-state index contributed by atoms with van der Waals surface area (Å²) in [5.74, 6) is -6.46. The number of hydrogen-bond donors (Lipinski definition) is 7. The van der Waals surface area contributed by atoms with Gasteiger partial charge in [0.2, 0.25) is 17.7 Å². The molecule has 1 fully saturated rings. The zero-order valence-corrected chi connectivity index (χ0v) is 18.6. The Labute approximate surface area is 190 Å². The Hall–Kier alpha value is -3.22. The van der Waals surface area contributed by atoms with Gasteiger partial charge in [0.25, 0.3) is 0 Å². The van der Waals surface area contributed by atoms with Crippen LogP contribution in [0.1, 0.15) is 52.4 Å². The van der Waals surface area contributed by atoms with Crippen molar-refractivity contribution in [3.05, 3.63) is 0 Å². The average molecular weight is 472 g/mol. The second kappa shape index (κ2) is 13.4. The highest BCUT2D eigenvalue weighted by Gasteiger charge is 2.32. The van der Waals surface area contributed by atoms with E-state index in [1.54, 1.807) is 13.8 Å². The van der Waals surface area contributed by atoms with Crippen molar-refractivity contribution in [1.29, 1.82) is 0 Å². The van der Waals surface area contributed by atoms with Crippen molar-refractivity contribution < 1.29 is 44.1 Å². The van der Waals surface area contributed by atoms with Crippen LogP contribution in [0.25, 0.3) is 0 Å². The first-order chi connectivity index (χ1) is 15.4. The molecule has 0 bridgehead atoms. The van der Waals surface area contributed by atoms with Gasteiger partial charge in [-0.3, -0.25) is 24.0 Å². The van der Waals surface area contributed by atoms with Gasteiger partial charge >= 0.3 is 17.9 Å². The van der Waals surface area contributed by atoms with Crippen molar-refractivity contribution in [3.8, 4) is 0 Å². The van der Waals surface area contributed by atoms with Crippen molar-refractivity contribution in [3.63, 3.8) is 0 Å². The molecule has 0 aromatic heterocycles. The maximum absolute atomic E-state index is 12.8. The fourth-order valence-electron chi connectivity index (χ4n) is 3.29. The highest BCUT2D eigenvalue weighted by Crippen LogP contribution is 2.09. The summed E-state index contributed by atoms with van der Waals surface area (Å²) in [5, 5.41) is 37.3. The van der Waals surface area contributed by atoms with Gasteiger partial charge in [0.1, 0.15) is 18.1 Å². The summed E-state index contributed by atoms with van der Waals surface area (Å²) in [7, 11) is 0. The lowest BCUT2D eigenvalue weighted by atomic mass is 10.0. The second-order valence-corrected chi connectivity index (χ2v) is 8.20. The summed E-state index contributed by atoms with van der Waals surface area (Å²) >= 11 is 0. The third-order valence-corrected chi connectivity index (χ3v) is 5.17. The van der Waals surface area contributed by atoms with Gasteiger partial charge < -0.3 is 36.6 Å². The molecule has 186 valence electrons. The SMILES string of the molecule is CC(C)[C@H](NC(=O)[C@H](CCC(=O)O)NC(=O)[C@H](CCC(=O)O)NC(=O)[C@@H]1CCCN1)C(=O)O. The summed E-state index contributed by atoms with van der Waals surface area (Å²) in [4.78, 5) is 71.3. The minimum atomic E-state index is -1.40. The second-order valence-electron chi connectivity index (χ2n) is 8.20.